The third kappa shape index (κ3) is 3.33. The van der Waals surface area contributed by atoms with Crippen LogP contribution in [-0.2, 0) is 4.79 Å². The molecular formula is C16H23ClN2O. The Kier molecular flexibility index (Phi) is 4.71. The summed E-state index contributed by atoms with van der Waals surface area (Å²) in [6, 6.07) is 5.54. The Morgan fingerprint density at radius 3 is 2.80 bits per heavy atom. The van der Waals surface area contributed by atoms with E-state index in [1.165, 1.54) is 0 Å². The highest BCUT2D eigenvalue weighted by Crippen LogP contribution is 2.33. The summed E-state index contributed by atoms with van der Waals surface area (Å²) < 4.78 is 0. The quantitative estimate of drug-likeness (QED) is 0.894. The Morgan fingerprint density at radius 1 is 1.45 bits per heavy atom. The van der Waals surface area contributed by atoms with E-state index in [1.54, 1.807) is 6.07 Å². The fourth-order valence-electron chi connectivity index (χ4n) is 2.70. The van der Waals surface area contributed by atoms with E-state index in [4.69, 9.17) is 11.6 Å². The van der Waals surface area contributed by atoms with Gasteiger partial charge in [0.1, 0.15) is 0 Å². The van der Waals surface area contributed by atoms with E-state index in [0.717, 1.165) is 37.2 Å². The Balaban J connectivity index is 2.09. The number of rotatable bonds is 3. The Morgan fingerprint density at radius 2 is 2.20 bits per heavy atom. The van der Waals surface area contributed by atoms with Crippen molar-refractivity contribution in [3.05, 3.63) is 28.8 Å². The number of carbonyl (C=O) groups is 1. The summed E-state index contributed by atoms with van der Waals surface area (Å²) >= 11 is 5.94. The lowest BCUT2D eigenvalue weighted by molar-refractivity contribution is -0.127. The van der Waals surface area contributed by atoms with Gasteiger partial charge in [-0.15, -0.1) is 0 Å². The van der Waals surface area contributed by atoms with Crippen molar-refractivity contribution < 1.29 is 4.79 Å². The predicted molar refractivity (Wildman–Crippen MR) is 84.2 cm³/mol. The molecule has 1 aliphatic rings. The summed E-state index contributed by atoms with van der Waals surface area (Å²) in [5, 5.41) is 7.12. The number of carbonyl (C=O) groups excluding carboxylic acids is 1. The zero-order chi connectivity index (χ0) is 14.8. The van der Waals surface area contributed by atoms with Crippen LogP contribution in [0.25, 0.3) is 0 Å². The zero-order valence-corrected chi connectivity index (χ0v) is 13.2. The maximum atomic E-state index is 12.6. The van der Waals surface area contributed by atoms with Gasteiger partial charge in [0.05, 0.1) is 0 Å². The number of halogens is 1. The minimum atomic E-state index is -0.375. The first kappa shape index (κ1) is 15.3. The van der Waals surface area contributed by atoms with E-state index in [9.17, 15) is 4.79 Å². The minimum absolute atomic E-state index is 0.0802. The monoisotopic (exact) mass is 294 g/mol. The highest BCUT2D eigenvalue weighted by molar-refractivity contribution is 6.30. The smallest absolute Gasteiger partial charge is 0.230 e. The van der Waals surface area contributed by atoms with Gasteiger partial charge in [0, 0.05) is 16.1 Å². The fourth-order valence-corrected chi connectivity index (χ4v) is 2.93. The molecular weight excluding hydrogens is 272 g/mol. The maximum absolute atomic E-state index is 12.6. The molecule has 1 aliphatic heterocycles. The number of nitrogens with one attached hydrogen (secondary N) is 2. The number of hydrogen-bond acceptors (Lipinski definition) is 2. The molecule has 4 heteroatoms. The number of benzene rings is 1. The average Bonchev–Trinajstić information content (AvgIpc) is 2.42. The largest absolute Gasteiger partial charge is 0.325 e. The molecule has 0 saturated carbocycles. The lowest BCUT2D eigenvalue weighted by Crippen LogP contribution is -2.44. The second-order valence-electron chi connectivity index (χ2n) is 6.18. The van der Waals surface area contributed by atoms with E-state index in [-0.39, 0.29) is 11.3 Å². The van der Waals surface area contributed by atoms with Gasteiger partial charge in [0.25, 0.3) is 0 Å². The molecule has 1 fully saturated rings. The molecule has 0 bridgehead atoms. The second-order valence-corrected chi connectivity index (χ2v) is 6.61. The first-order chi connectivity index (χ1) is 9.41. The molecule has 0 radical (unpaired) electrons. The van der Waals surface area contributed by atoms with E-state index < -0.39 is 0 Å². The van der Waals surface area contributed by atoms with E-state index in [1.807, 2.05) is 32.9 Å². The molecule has 1 atom stereocenters. The van der Waals surface area contributed by atoms with Crippen LogP contribution in [0, 0.1) is 18.3 Å². The van der Waals surface area contributed by atoms with E-state index in [2.05, 4.69) is 10.6 Å². The topological polar surface area (TPSA) is 41.1 Å². The molecule has 0 spiro atoms. The van der Waals surface area contributed by atoms with Gasteiger partial charge in [0.15, 0.2) is 0 Å². The first-order valence-corrected chi connectivity index (χ1v) is 7.57. The normalized spacial score (nSPS) is 19.7. The molecule has 20 heavy (non-hydrogen) atoms. The van der Waals surface area contributed by atoms with Crippen LogP contribution < -0.4 is 10.6 Å². The van der Waals surface area contributed by atoms with Crippen LogP contribution in [0.2, 0.25) is 5.02 Å². The number of hydrogen-bond donors (Lipinski definition) is 2. The maximum Gasteiger partial charge on any atom is 0.230 e. The predicted octanol–water partition coefficient (Wildman–Crippen LogP) is 3.61. The van der Waals surface area contributed by atoms with Gasteiger partial charge >= 0.3 is 0 Å². The molecule has 1 amide bonds. The SMILES string of the molecule is Cc1cc(Cl)ccc1NC(=O)C(C)(C)C1CCCNC1. The van der Waals surface area contributed by atoms with Gasteiger partial charge in [-0.1, -0.05) is 25.4 Å². The molecule has 0 aliphatic carbocycles. The molecule has 110 valence electrons. The Bertz CT molecular complexity index is 493. The van der Waals surface area contributed by atoms with Crippen molar-refractivity contribution >= 4 is 23.2 Å². The number of piperidine rings is 1. The standard InChI is InChI=1S/C16H23ClN2O/c1-11-9-13(17)6-7-14(11)19-15(20)16(2,3)12-5-4-8-18-10-12/h6-7,9,12,18H,4-5,8,10H2,1-3H3,(H,19,20). The van der Waals surface area contributed by atoms with E-state index >= 15 is 0 Å². The number of amides is 1. The molecule has 2 N–H and O–H groups in total. The van der Waals surface area contributed by atoms with Crippen molar-refractivity contribution in [3.63, 3.8) is 0 Å². The third-order valence-electron chi connectivity index (χ3n) is 4.34. The van der Waals surface area contributed by atoms with Crippen molar-refractivity contribution in [3.8, 4) is 0 Å². The summed E-state index contributed by atoms with van der Waals surface area (Å²) in [5.41, 5.74) is 1.46. The molecule has 1 heterocycles. The van der Waals surface area contributed by atoms with Crippen LogP contribution in [0.5, 0.6) is 0 Å². The van der Waals surface area contributed by atoms with Crippen LogP contribution in [0.15, 0.2) is 18.2 Å². The van der Waals surface area contributed by atoms with Gasteiger partial charge in [-0.05, 0) is 62.5 Å². The first-order valence-electron chi connectivity index (χ1n) is 7.19. The summed E-state index contributed by atoms with van der Waals surface area (Å²) in [6.07, 6.45) is 2.24. The molecule has 3 nitrogen and oxygen atoms in total. The second kappa shape index (κ2) is 6.15. The van der Waals surface area contributed by atoms with Crippen molar-refractivity contribution in [2.24, 2.45) is 11.3 Å². The summed E-state index contributed by atoms with van der Waals surface area (Å²) in [6.45, 7) is 8.00. The van der Waals surface area contributed by atoms with Gasteiger partial charge in [-0.25, -0.2) is 0 Å². The lowest BCUT2D eigenvalue weighted by atomic mass is 9.74. The van der Waals surface area contributed by atoms with Crippen LogP contribution >= 0.6 is 11.6 Å². The van der Waals surface area contributed by atoms with Crippen molar-refractivity contribution in [2.75, 3.05) is 18.4 Å². The van der Waals surface area contributed by atoms with E-state index in [0.29, 0.717) is 10.9 Å². The highest BCUT2D eigenvalue weighted by Gasteiger charge is 2.37. The Labute approximate surface area is 126 Å². The van der Waals surface area contributed by atoms with Crippen LogP contribution in [0.4, 0.5) is 5.69 Å². The molecule has 1 aromatic carbocycles. The highest BCUT2D eigenvalue weighted by atomic mass is 35.5. The Hall–Kier alpha value is -1.06. The number of anilines is 1. The molecule has 2 rings (SSSR count). The molecule has 0 aromatic heterocycles. The van der Waals surface area contributed by atoms with Crippen molar-refractivity contribution in [1.82, 2.24) is 5.32 Å². The summed E-state index contributed by atoms with van der Waals surface area (Å²) in [7, 11) is 0. The minimum Gasteiger partial charge on any atom is -0.325 e. The lowest BCUT2D eigenvalue weighted by Gasteiger charge is -2.36. The third-order valence-corrected chi connectivity index (χ3v) is 4.57. The van der Waals surface area contributed by atoms with Crippen molar-refractivity contribution in [2.45, 2.75) is 33.6 Å². The van der Waals surface area contributed by atoms with Crippen LogP contribution in [0.1, 0.15) is 32.3 Å². The summed E-state index contributed by atoms with van der Waals surface area (Å²) in [4.78, 5) is 12.6. The van der Waals surface area contributed by atoms with Gasteiger partial charge in [-0.3, -0.25) is 4.79 Å². The summed E-state index contributed by atoms with van der Waals surface area (Å²) in [5.74, 6) is 0.459. The van der Waals surface area contributed by atoms with Gasteiger partial charge in [0.2, 0.25) is 5.91 Å². The number of aryl methyl sites for hydroxylation is 1. The molecule has 1 saturated heterocycles. The molecule has 1 aromatic rings. The van der Waals surface area contributed by atoms with Crippen LogP contribution in [-0.4, -0.2) is 19.0 Å². The van der Waals surface area contributed by atoms with Gasteiger partial charge in [-0.2, -0.15) is 0 Å². The fraction of sp³-hybridized carbons (Fsp3) is 0.562. The average molecular weight is 295 g/mol. The van der Waals surface area contributed by atoms with Crippen LogP contribution in [0.3, 0.4) is 0 Å². The van der Waals surface area contributed by atoms with Crippen molar-refractivity contribution in [1.29, 1.82) is 0 Å². The van der Waals surface area contributed by atoms with Gasteiger partial charge < -0.3 is 10.6 Å². The zero-order valence-electron chi connectivity index (χ0n) is 12.4. The molecule has 1 unspecified atom stereocenters.